The minimum Gasteiger partial charge on any atom is -0.403 e. The maximum Gasteiger partial charge on any atom is 0.573 e. The van der Waals surface area contributed by atoms with Crippen molar-refractivity contribution in [2.45, 2.75) is 13.3 Å². The Morgan fingerprint density at radius 3 is 2.38 bits per heavy atom. The summed E-state index contributed by atoms with van der Waals surface area (Å²) >= 11 is 0. The molecule has 72 valence electrons. The molecule has 0 aliphatic carbocycles. The topological polar surface area (TPSA) is 35.2 Å². The molecule has 0 unspecified atom stereocenters. The molecule has 0 aliphatic rings. The molecular weight excluding hydrogens is 183 g/mol. The Labute approximate surface area is 73.1 Å². The smallest absolute Gasteiger partial charge is 0.403 e. The Hall–Kier alpha value is -1.39. The van der Waals surface area contributed by atoms with Gasteiger partial charge in [0.15, 0.2) is 5.75 Å². The molecule has 1 aromatic carbocycles. The van der Waals surface area contributed by atoms with Gasteiger partial charge in [0.05, 0.1) is 5.69 Å². The van der Waals surface area contributed by atoms with Gasteiger partial charge in [0.1, 0.15) is 0 Å². The first-order valence-electron chi connectivity index (χ1n) is 3.51. The number of halogens is 3. The number of hydrogen-bond acceptors (Lipinski definition) is 2. The summed E-state index contributed by atoms with van der Waals surface area (Å²) in [6, 6.07) is 4.42. The molecule has 0 aliphatic heterocycles. The van der Waals surface area contributed by atoms with Gasteiger partial charge in [-0.1, -0.05) is 12.1 Å². The summed E-state index contributed by atoms with van der Waals surface area (Å²) in [6.07, 6.45) is -4.69. The number of ether oxygens (including phenoxy) is 1. The van der Waals surface area contributed by atoms with E-state index in [2.05, 4.69) is 4.74 Å². The lowest BCUT2D eigenvalue weighted by atomic mass is 10.2. The predicted octanol–water partition coefficient (Wildman–Crippen LogP) is 2.48. The van der Waals surface area contributed by atoms with Gasteiger partial charge in [-0.2, -0.15) is 0 Å². The lowest BCUT2D eigenvalue weighted by molar-refractivity contribution is -0.274. The van der Waals surface area contributed by atoms with Crippen LogP contribution in [0.2, 0.25) is 0 Å². The highest BCUT2D eigenvalue weighted by molar-refractivity contribution is 5.56. The van der Waals surface area contributed by atoms with Gasteiger partial charge in [0, 0.05) is 0 Å². The van der Waals surface area contributed by atoms with Crippen LogP contribution in [0.1, 0.15) is 5.56 Å². The van der Waals surface area contributed by atoms with E-state index in [1.165, 1.54) is 19.1 Å². The summed E-state index contributed by atoms with van der Waals surface area (Å²) in [5.41, 5.74) is 5.65. The van der Waals surface area contributed by atoms with Crippen molar-refractivity contribution in [1.82, 2.24) is 0 Å². The number of hydrogen-bond donors (Lipinski definition) is 1. The van der Waals surface area contributed by atoms with E-state index in [0.717, 1.165) is 0 Å². The van der Waals surface area contributed by atoms with E-state index in [1.54, 1.807) is 6.07 Å². The van der Waals surface area contributed by atoms with Crippen LogP contribution in [-0.2, 0) is 0 Å². The molecule has 2 nitrogen and oxygen atoms in total. The van der Waals surface area contributed by atoms with E-state index in [4.69, 9.17) is 5.73 Å². The van der Waals surface area contributed by atoms with E-state index < -0.39 is 6.36 Å². The third kappa shape index (κ3) is 2.54. The number of benzene rings is 1. The second-order valence-electron chi connectivity index (χ2n) is 2.54. The summed E-state index contributed by atoms with van der Waals surface area (Å²) < 4.78 is 39.2. The second-order valence-corrected chi connectivity index (χ2v) is 2.54. The molecule has 0 spiro atoms. The summed E-state index contributed by atoms with van der Waals surface area (Å²) in [6.45, 7) is 1.50. The average molecular weight is 191 g/mol. The maximum absolute atomic E-state index is 11.8. The maximum atomic E-state index is 11.8. The van der Waals surface area contributed by atoms with Crippen molar-refractivity contribution in [3.8, 4) is 5.75 Å². The average Bonchev–Trinajstić information content (AvgIpc) is 1.95. The van der Waals surface area contributed by atoms with Crippen molar-refractivity contribution in [2.24, 2.45) is 0 Å². The van der Waals surface area contributed by atoms with E-state index in [1.807, 2.05) is 0 Å². The lowest BCUT2D eigenvalue weighted by Crippen LogP contribution is -2.18. The van der Waals surface area contributed by atoms with Gasteiger partial charge in [0.2, 0.25) is 0 Å². The fourth-order valence-corrected chi connectivity index (χ4v) is 0.930. The predicted molar refractivity (Wildman–Crippen MR) is 42.3 cm³/mol. The Bertz CT molecular complexity index is 288. The van der Waals surface area contributed by atoms with E-state index in [9.17, 15) is 13.2 Å². The second kappa shape index (κ2) is 3.16. The van der Waals surface area contributed by atoms with E-state index in [0.29, 0.717) is 5.56 Å². The third-order valence-electron chi connectivity index (χ3n) is 1.46. The molecule has 13 heavy (non-hydrogen) atoms. The molecule has 0 aromatic heterocycles. The SMILES string of the molecule is Cc1cccc(N)c1OC(F)(F)F. The van der Waals surface area contributed by atoms with E-state index >= 15 is 0 Å². The molecule has 2 N–H and O–H groups in total. The first kappa shape index (κ1) is 9.70. The molecule has 0 bridgehead atoms. The van der Waals surface area contributed by atoms with Crippen LogP contribution >= 0.6 is 0 Å². The zero-order chi connectivity index (χ0) is 10.1. The normalized spacial score (nSPS) is 11.4. The van der Waals surface area contributed by atoms with Gasteiger partial charge in [-0.25, -0.2) is 0 Å². The first-order valence-corrected chi connectivity index (χ1v) is 3.51. The lowest BCUT2D eigenvalue weighted by Gasteiger charge is -2.12. The molecule has 1 aromatic rings. The highest BCUT2D eigenvalue weighted by Gasteiger charge is 2.32. The number of anilines is 1. The van der Waals surface area contributed by atoms with Crippen LogP contribution in [0.3, 0.4) is 0 Å². The monoisotopic (exact) mass is 191 g/mol. The summed E-state index contributed by atoms with van der Waals surface area (Å²) in [4.78, 5) is 0. The Kier molecular flexibility index (Phi) is 2.36. The van der Waals surface area contributed by atoms with Crippen molar-refractivity contribution in [1.29, 1.82) is 0 Å². The van der Waals surface area contributed by atoms with Crippen LogP contribution in [-0.4, -0.2) is 6.36 Å². The van der Waals surface area contributed by atoms with Gasteiger partial charge in [-0.05, 0) is 18.6 Å². The van der Waals surface area contributed by atoms with Crippen molar-refractivity contribution in [2.75, 3.05) is 5.73 Å². The highest BCUT2D eigenvalue weighted by Crippen LogP contribution is 2.30. The van der Waals surface area contributed by atoms with Crippen LogP contribution in [0.4, 0.5) is 18.9 Å². The molecule has 0 heterocycles. The van der Waals surface area contributed by atoms with Crippen LogP contribution in [0.25, 0.3) is 0 Å². The fraction of sp³-hybridized carbons (Fsp3) is 0.250. The summed E-state index contributed by atoms with van der Waals surface area (Å²) in [7, 11) is 0. The van der Waals surface area contributed by atoms with Crippen molar-refractivity contribution in [3.05, 3.63) is 23.8 Å². The number of aryl methyl sites for hydroxylation is 1. The standard InChI is InChI=1S/C8H8F3NO/c1-5-3-2-4-6(12)7(5)13-8(9,10)11/h2-4H,12H2,1H3. The number of para-hydroxylation sites is 1. The Morgan fingerprint density at radius 1 is 1.31 bits per heavy atom. The van der Waals surface area contributed by atoms with Crippen LogP contribution < -0.4 is 10.5 Å². The minimum absolute atomic E-state index is 0.0164. The molecule has 5 heteroatoms. The van der Waals surface area contributed by atoms with Crippen molar-refractivity contribution < 1.29 is 17.9 Å². The van der Waals surface area contributed by atoms with Gasteiger partial charge in [0.25, 0.3) is 0 Å². The van der Waals surface area contributed by atoms with Gasteiger partial charge in [-0.3, -0.25) is 0 Å². The molecular formula is C8H8F3NO. The highest BCUT2D eigenvalue weighted by atomic mass is 19.4. The molecule has 0 saturated heterocycles. The van der Waals surface area contributed by atoms with Gasteiger partial charge < -0.3 is 10.5 Å². The summed E-state index contributed by atoms with van der Waals surface area (Å²) in [5.74, 6) is -0.324. The quantitative estimate of drug-likeness (QED) is 0.692. The molecule has 0 radical (unpaired) electrons. The van der Waals surface area contributed by atoms with Crippen molar-refractivity contribution in [3.63, 3.8) is 0 Å². The Balaban J connectivity index is 3.00. The third-order valence-corrected chi connectivity index (χ3v) is 1.46. The van der Waals surface area contributed by atoms with Gasteiger partial charge in [-0.15, -0.1) is 13.2 Å². The molecule has 0 amide bonds. The molecule has 0 atom stereocenters. The zero-order valence-electron chi connectivity index (χ0n) is 6.85. The molecule has 1 rings (SSSR count). The zero-order valence-corrected chi connectivity index (χ0v) is 6.85. The number of nitrogen functional groups attached to an aromatic ring is 1. The number of nitrogens with two attached hydrogens (primary N) is 1. The minimum atomic E-state index is -4.69. The van der Waals surface area contributed by atoms with E-state index in [-0.39, 0.29) is 11.4 Å². The number of alkyl halides is 3. The molecule has 0 fully saturated rings. The van der Waals surface area contributed by atoms with Crippen LogP contribution in [0.15, 0.2) is 18.2 Å². The van der Waals surface area contributed by atoms with Crippen LogP contribution in [0.5, 0.6) is 5.75 Å². The fourth-order valence-electron chi connectivity index (χ4n) is 0.930. The van der Waals surface area contributed by atoms with Crippen molar-refractivity contribution >= 4 is 5.69 Å². The Morgan fingerprint density at radius 2 is 1.92 bits per heavy atom. The molecule has 0 saturated carbocycles. The first-order chi connectivity index (χ1) is 5.90. The van der Waals surface area contributed by atoms with Gasteiger partial charge >= 0.3 is 6.36 Å². The summed E-state index contributed by atoms with van der Waals surface area (Å²) in [5, 5.41) is 0. The largest absolute Gasteiger partial charge is 0.573 e. The number of rotatable bonds is 1. The van der Waals surface area contributed by atoms with Crippen LogP contribution in [0, 0.1) is 6.92 Å².